The van der Waals surface area contributed by atoms with Gasteiger partial charge in [-0.15, -0.1) is 0 Å². The van der Waals surface area contributed by atoms with Crippen LogP contribution in [-0.2, 0) is 14.3 Å². The summed E-state index contributed by atoms with van der Waals surface area (Å²) in [6.45, 7) is 9.60. The Hall–Kier alpha value is -2.66. The van der Waals surface area contributed by atoms with E-state index in [2.05, 4.69) is 36.2 Å². The molecule has 3 amide bonds. The Morgan fingerprint density at radius 3 is 2.47 bits per heavy atom. The zero-order valence-electron chi connectivity index (χ0n) is 19.6. The lowest BCUT2D eigenvalue weighted by Gasteiger charge is -2.30. The molecule has 1 aromatic rings. The van der Waals surface area contributed by atoms with E-state index in [9.17, 15) is 14.4 Å². The molecule has 2 N–H and O–H groups in total. The maximum absolute atomic E-state index is 13.3. The topological polar surface area (TPSA) is 87.7 Å². The van der Waals surface area contributed by atoms with Crippen LogP contribution in [0.2, 0.25) is 0 Å². The molecule has 0 saturated carbocycles. The van der Waals surface area contributed by atoms with Gasteiger partial charge in [-0.3, -0.25) is 14.5 Å². The molecule has 0 saturated heterocycles. The first-order valence-electron chi connectivity index (χ1n) is 10.8. The summed E-state index contributed by atoms with van der Waals surface area (Å²) in [4.78, 5) is 39.6. The molecule has 0 fully saturated rings. The smallest absolute Gasteiger partial charge is 0.408 e. The van der Waals surface area contributed by atoms with Crippen LogP contribution in [0.15, 0.2) is 24.3 Å². The third kappa shape index (κ3) is 8.83. The number of carbonyl (C=O) groups is 3. The third-order valence-corrected chi connectivity index (χ3v) is 4.86. The second-order valence-corrected chi connectivity index (χ2v) is 8.90. The van der Waals surface area contributed by atoms with Crippen LogP contribution in [0.5, 0.6) is 0 Å². The van der Waals surface area contributed by atoms with Crippen molar-refractivity contribution in [3.8, 4) is 12.5 Å². The summed E-state index contributed by atoms with van der Waals surface area (Å²) in [7, 11) is 0. The average molecular weight is 462 g/mol. The van der Waals surface area contributed by atoms with Gasteiger partial charge in [0.05, 0.1) is 0 Å². The van der Waals surface area contributed by atoms with Gasteiger partial charge in [-0.25, -0.2) is 4.79 Å². The van der Waals surface area contributed by atoms with Crippen LogP contribution in [0.3, 0.4) is 0 Å². The van der Waals surface area contributed by atoms with Gasteiger partial charge in [0, 0.05) is 18.3 Å². The van der Waals surface area contributed by atoms with E-state index < -0.39 is 29.7 Å². The van der Waals surface area contributed by atoms with E-state index >= 15 is 0 Å². The fourth-order valence-electron chi connectivity index (χ4n) is 3.01. The van der Waals surface area contributed by atoms with Gasteiger partial charge in [0.15, 0.2) is 0 Å². The molecule has 1 rings (SSSR count). The molecule has 0 aliphatic carbocycles. The molecule has 0 aliphatic rings. The Kier molecular flexibility index (Phi) is 11.1. The molecule has 0 bridgehead atoms. The predicted octanol–water partition coefficient (Wildman–Crippen LogP) is 3.58. The monoisotopic (exact) mass is 461 g/mol. The number of nitrogens with one attached hydrogen (secondary N) is 2. The number of hydrogen-bond donors (Lipinski definition) is 3. The van der Waals surface area contributed by atoms with Crippen molar-refractivity contribution in [2.24, 2.45) is 0 Å². The van der Waals surface area contributed by atoms with Crippen molar-refractivity contribution in [3.63, 3.8) is 0 Å². The van der Waals surface area contributed by atoms with Crippen molar-refractivity contribution in [3.05, 3.63) is 35.4 Å². The fraction of sp³-hybridized carbons (Fsp3) is 0.542. The van der Waals surface area contributed by atoms with Gasteiger partial charge < -0.3 is 15.4 Å². The van der Waals surface area contributed by atoms with Crippen molar-refractivity contribution in [2.45, 2.75) is 71.6 Å². The number of unbranched alkanes of at least 4 members (excludes halogenated alkanes) is 2. The maximum Gasteiger partial charge on any atom is 0.408 e. The number of hydrogen-bond acceptors (Lipinski definition) is 5. The van der Waals surface area contributed by atoms with Gasteiger partial charge in [-0.05, 0) is 39.7 Å². The van der Waals surface area contributed by atoms with E-state index in [0.717, 1.165) is 29.7 Å². The number of alkyl carbamates (subject to hydrolysis) is 1. The van der Waals surface area contributed by atoms with Crippen LogP contribution in [0.4, 0.5) is 4.79 Å². The number of benzene rings is 1. The van der Waals surface area contributed by atoms with Crippen LogP contribution in [0, 0.1) is 19.4 Å². The molecule has 32 heavy (non-hydrogen) atoms. The third-order valence-electron chi connectivity index (χ3n) is 4.49. The zero-order valence-corrected chi connectivity index (χ0v) is 20.5. The van der Waals surface area contributed by atoms with E-state index in [1.165, 1.54) is 0 Å². The molecule has 0 aromatic heterocycles. The molecule has 176 valence electrons. The van der Waals surface area contributed by atoms with Crippen molar-refractivity contribution in [2.75, 3.05) is 12.3 Å². The molecule has 8 heteroatoms. The minimum absolute atomic E-state index is 0.0189. The lowest BCUT2D eigenvalue weighted by molar-refractivity contribution is -0.138. The number of amides is 3. The highest BCUT2D eigenvalue weighted by Gasteiger charge is 2.35. The Bertz CT molecular complexity index is 829. The first-order valence-corrected chi connectivity index (χ1v) is 11.4. The number of aryl methyl sites for hydroxylation is 1. The minimum atomic E-state index is -1.07. The molecule has 7 nitrogen and oxygen atoms in total. The van der Waals surface area contributed by atoms with Gasteiger partial charge in [0.25, 0.3) is 5.91 Å². The molecule has 2 unspecified atom stereocenters. The van der Waals surface area contributed by atoms with E-state index in [0.29, 0.717) is 12.1 Å². The number of rotatable bonds is 10. The van der Waals surface area contributed by atoms with Gasteiger partial charge in [-0.2, -0.15) is 12.6 Å². The predicted molar refractivity (Wildman–Crippen MR) is 129 cm³/mol. The molecule has 0 spiro atoms. The molecule has 0 heterocycles. The Balaban J connectivity index is 3.17. The van der Waals surface area contributed by atoms with Crippen molar-refractivity contribution >= 4 is 30.5 Å². The Labute approximate surface area is 197 Å². The van der Waals surface area contributed by atoms with Gasteiger partial charge in [-0.1, -0.05) is 56.0 Å². The highest BCUT2D eigenvalue weighted by atomic mass is 32.1. The van der Waals surface area contributed by atoms with Crippen molar-refractivity contribution < 1.29 is 19.1 Å². The minimum Gasteiger partial charge on any atom is -0.444 e. The summed E-state index contributed by atoms with van der Waals surface area (Å²) < 4.78 is 5.23. The first-order chi connectivity index (χ1) is 15.0. The summed E-state index contributed by atoms with van der Waals surface area (Å²) in [5.74, 6) is -1.02. The van der Waals surface area contributed by atoms with Crippen LogP contribution >= 0.6 is 12.6 Å². The Morgan fingerprint density at radius 1 is 1.25 bits per heavy atom. The highest BCUT2D eigenvalue weighted by molar-refractivity contribution is 7.80. The summed E-state index contributed by atoms with van der Waals surface area (Å²) in [6, 6.07) is 7.48. The average Bonchev–Trinajstić information content (AvgIpc) is 2.71. The van der Waals surface area contributed by atoms with Crippen LogP contribution in [0.1, 0.15) is 64.1 Å². The second-order valence-electron chi connectivity index (χ2n) is 8.53. The normalized spacial score (nSPS) is 12.8. The SMILES string of the molecule is C#CN(C(=O)C(CS)NC(=O)OC(C)(C)C)C(C(=O)NCCCCC)c1cccc(C)c1. The van der Waals surface area contributed by atoms with E-state index in [4.69, 9.17) is 11.2 Å². The fourth-order valence-corrected chi connectivity index (χ4v) is 3.26. The molecule has 2 atom stereocenters. The lowest BCUT2D eigenvalue weighted by Crippen LogP contribution is -2.52. The van der Waals surface area contributed by atoms with Gasteiger partial charge >= 0.3 is 6.09 Å². The van der Waals surface area contributed by atoms with Crippen LogP contribution < -0.4 is 10.6 Å². The lowest BCUT2D eigenvalue weighted by atomic mass is 10.0. The second kappa shape index (κ2) is 13.0. The number of nitrogens with zero attached hydrogens (tertiary/aromatic N) is 1. The number of carbonyl (C=O) groups excluding carboxylic acids is 3. The van der Waals surface area contributed by atoms with Crippen molar-refractivity contribution in [1.29, 1.82) is 0 Å². The van der Waals surface area contributed by atoms with Gasteiger partial charge in [0.2, 0.25) is 5.91 Å². The Morgan fingerprint density at radius 2 is 1.94 bits per heavy atom. The van der Waals surface area contributed by atoms with E-state index in [1.807, 2.05) is 19.1 Å². The zero-order chi connectivity index (χ0) is 24.3. The van der Waals surface area contributed by atoms with Gasteiger partial charge in [0.1, 0.15) is 17.7 Å². The summed E-state index contributed by atoms with van der Waals surface area (Å²) >= 11 is 4.19. The number of thiol groups is 1. The maximum atomic E-state index is 13.3. The number of terminal acetylenes is 1. The summed E-state index contributed by atoms with van der Waals surface area (Å²) in [5.41, 5.74) is 0.774. The molecule has 1 aromatic carbocycles. The van der Waals surface area contributed by atoms with E-state index in [1.54, 1.807) is 32.9 Å². The summed E-state index contributed by atoms with van der Waals surface area (Å²) in [5, 5.41) is 5.37. The first kappa shape index (κ1) is 27.4. The largest absolute Gasteiger partial charge is 0.444 e. The summed E-state index contributed by atoms with van der Waals surface area (Å²) in [6.07, 6.45) is 7.76. The standard InChI is InChI=1S/C24H35N3O4S/c1-7-9-10-14-25-21(28)20(18-13-11-12-17(3)15-18)27(8-2)22(29)19(16-32)26-23(30)31-24(4,5)6/h2,11-13,15,19-20,32H,7,9-10,14,16H2,1,3-6H3,(H,25,28)(H,26,30). The van der Waals surface area contributed by atoms with Crippen molar-refractivity contribution in [1.82, 2.24) is 15.5 Å². The number of ether oxygens (including phenoxy) is 1. The quantitative estimate of drug-likeness (QED) is 0.215. The highest BCUT2D eigenvalue weighted by Crippen LogP contribution is 2.23. The van der Waals surface area contributed by atoms with Crippen LogP contribution in [0.25, 0.3) is 0 Å². The molecule has 0 aliphatic heterocycles. The molecule has 0 radical (unpaired) electrons. The van der Waals surface area contributed by atoms with Crippen LogP contribution in [-0.4, -0.2) is 46.7 Å². The molecular weight excluding hydrogens is 426 g/mol. The van der Waals surface area contributed by atoms with E-state index in [-0.39, 0.29) is 11.7 Å². The molecular formula is C24H35N3O4S.